The van der Waals surface area contributed by atoms with E-state index in [1.165, 1.54) is 6.92 Å². The highest BCUT2D eigenvalue weighted by atomic mass is 16.6. The molecule has 0 unspecified atom stereocenters. The Morgan fingerprint density at radius 1 is 1.27 bits per heavy atom. The van der Waals surface area contributed by atoms with Crippen molar-refractivity contribution in [1.82, 2.24) is 0 Å². The van der Waals surface area contributed by atoms with E-state index in [0.29, 0.717) is 0 Å². The van der Waals surface area contributed by atoms with E-state index in [4.69, 9.17) is 5.11 Å². The summed E-state index contributed by atoms with van der Waals surface area (Å²) in [5.74, 6) is -2.54. The molecule has 0 aliphatic carbocycles. The number of carboxylic acid groups (broad SMARTS) is 1. The summed E-state index contributed by atoms with van der Waals surface area (Å²) in [5.41, 5.74) is 0.174. The van der Waals surface area contributed by atoms with Gasteiger partial charge in [-0.2, -0.15) is 0 Å². The van der Waals surface area contributed by atoms with Crippen molar-refractivity contribution < 1.29 is 29.0 Å². The predicted octanol–water partition coefficient (Wildman–Crippen LogP) is 0.124. The van der Waals surface area contributed by atoms with Crippen molar-refractivity contribution in [3.63, 3.8) is 0 Å². The molecule has 0 aliphatic rings. The fourth-order valence-electron chi connectivity index (χ4n) is 0.542. The minimum absolute atomic E-state index is 0.174. The lowest BCUT2D eigenvalue weighted by molar-refractivity contribution is -0.157. The standard InChI is InChI=1S/C9H12O6/c1-6(2)9(13)15-5-8(12)14-4-3-7(10)11/h1,3-5H2,2H3,(H,10,11). The molecule has 0 rings (SSSR count). The van der Waals surface area contributed by atoms with Crippen LogP contribution in [0.5, 0.6) is 0 Å². The summed E-state index contributed by atoms with van der Waals surface area (Å²) in [6, 6.07) is 0. The maximum absolute atomic E-state index is 10.8. The molecule has 1 N–H and O–H groups in total. The van der Waals surface area contributed by atoms with Crippen LogP contribution in [-0.2, 0) is 23.9 Å². The molecule has 0 bridgehead atoms. The van der Waals surface area contributed by atoms with Gasteiger partial charge in [-0.1, -0.05) is 6.58 Å². The third kappa shape index (κ3) is 7.24. The summed E-state index contributed by atoms with van der Waals surface area (Å²) >= 11 is 0. The number of ether oxygens (including phenoxy) is 2. The molecule has 0 atom stereocenters. The van der Waals surface area contributed by atoms with Crippen LogP contribution in [0.3, 0.4) is 0 Å². The molecule has 0 fully saturated rings. The number of hydrogen-bond donors (Lipinski definition) is 1. The average Bonchev–Trinajstić information content (AvgIpc) is 2.13. The van der Waals surface area contributed by atoms with E-state index in [2.05, 4.69) is 16.1 Å². The largest absolute Gasteiger partial charge is 0.481 e. The lowest BCUT2D eigenvalue weighted by atomic mass is 10.4. The minimum Gasteiger partial charge on any atom is -0.481 e. The molecule has 0 aromatic carbocycles. The Kier molecular flexibility index (Phi) is 5.77. The van der Waals surface area contributed by atoms with Crippen molar-refractivity contribution in [2.24, 2.45) is 0 Å². The summed E-state index contributed by atoms with van der Waals surface area (Å²) in [4.78, 5) is 31.7. The van der Waals surface area contributed by atoms with Crippen LogP contribution in [-0.4, -0.2) is 36.2 Å². The minimum atomic E-state index is -1.07. The van der Waals surface area contributed by atoms with Crippen LogP contribution in [0.1, 0.15) is 13.3 Å². The third-order valence-corrected chi connectivity index (χ3v) is 1.25. The Labute approximate surface area is 86.5 Å². The molecule has 15 heavy (non-hydrogen) atoms. The molecule has 0 saturated carbocycles. The molecule has 84 valence electrons. The molecule has 0 aromatic heterocycles. The van der Waals surface area contributed by atoms with Gasteiger partial charge in [0.15, 0.2) is 6.61 Å². The number of aliphatic carboxylic acids is 1. The van der Waals surface area contributed by atoms with E-state index in [9.17, 15) is 14.4 Å². The van der Waals surface area contributed by atoms with Crippen molar-refractivity contribution >= 4 is 17.9 Å². The van der Waals surface area contributed by atoms with E-state index in [-0.39, 0.29) is 18.6 Å². The van der Waals surface area contributed by atoms with Crippen molar-refractivity contribution in [3.05, 3.63) is 12.2 Å². The van der Waals surface area contributed by atoms with Crippen LogP contribution >= 0.6 is 0 Å². The van der Waals surface area contributed by atoms with Gasteiger partial charge in [-0.15, -0.1) is 0 Å². The van der Waals surface area contributed by atoms with E-state index in [0.717, 1.165) is 0 Å². The van der Waals surface area contributed by atoms with Gasteiger partial charge in [-0.3, -0.25) is 4.79 Å². The van der Waals surface area contributed by atoms with Gasteiger partial charge in [0.1, 0.15) is 6.61 Å². The van der Waals surface area contributed by atoms with Gasteiger partial charge >= 0.3 is 17.9 Å². The van der Waals surface area contributed by atoms with E-state index in [1.54, 1.807) is 0 Å². The number of carboxylic acids is 1. The van der Waals surface area contributed by atoms with Crippen LogP contribution < -0.4 is 0 Å². The third-order valence-electron chi connectivity index (χ3n) is 1.25. The second kappa shape index (κ2) is 6.58. The van der Waals surface area contributed by atoms with E-state index < -0.39 is 24.5 Å². The first-order valence-corrected chi connectivity index (χ1v) is 4.13. The van der Waals surface area contributed by atoms with Crippen molar-refractivity contribution in [3.8, 4) is 0 Å². The van der Waals surface area contributed by atoms with Crippen LogP contribution in [0, 0.1) is 0 Å². The quantitative estimate of drug-likeness (QED) is 0.501. The van der Waals surface area contributed by atoms with Gasteiger partial charge in [-0.25, -0.2) is 9.59 Å². The number of carbonyl (C=O) groups is 3. The topological polar surface area (TPSA) is 89.9 Å². The second-order valence-electron chi connectivity index (χ2n) is 2.72. The van der Waals surface area contributed by atoms with Gasteiger partial charge in [-0.05, 0) is 6.92 Å². The Bertz CT molecular complexity index is 280. The second-order valence-corrected chi connectivity index (χ2v) is 2.72. The number of hydrogen-bond acceptors (Lipinski definition) is 5. The summed E-state index contributed by atoms with van der Waals surface area (Å²) in [7, 11) is 0. The Balaban J connectivity index is 3.62. The zero-order chi connectivity index (χ0) is 11.8. The average molecular weight is 216 g/mol. The Hall–Kier alpha value is -1.85. The molecule has 0 aliphatic heterocycles. The highest BCUT2D eigenvalue weighted by Crippen LogP contribution is 1.93. The maximum Gasteiger partial charge on any atom is 0.344 e. The first-order chi connectivity index (χ1) is 6.93. The maximum atomic E-state index is 10.8. The molecule has 6 nitrogen and oxygen atoms in total. The first kappa shape index (κ1) is 13.2. The SMILES string of the molecule is C=C(C)C(=O)OCC(=O)OCCC(=O)O. The van der Waals surface area contributed by atoms with Crippen molar-refractivity contribution in [1.29, 1.82) is 0 Å². The van der Waals surface area contributed by atoms with Crippen LogP contribution in [0.25, 0.3) is 0 Å². The Morgan fingerprint density at radius 2 is 1.87 bits per heavy atom. The highest BCUT2D eigenvalue weighted by molar-refractivity contribution is 5.88. The molecule has 0 amide bonds. The Morgan fingerprint density at radius 3 is 2.33 bits per heavy atom. The molecule has 0 saturated heterocycles. The smallest absolute Gasteiger partial charge is 0.344 e. The first-order valence-electron chi connectivity index (χ1n) is 4.13. The fourth-order valence-corrected chi connectivity index (χ4v) is 0.542. The molecular weight excluding hydrogens is 204 g/mol. The van der Waals surface area contributed by atoms with Crippen molar-refractivity contribution in [2.45, 2.75) is 13.3 Å². The fraction of sp³-hybridized carbons (Fsp3) is 0.444. The summed E-state index contributed by atoms with van der Waals surface area (Å²) in [5, 5.41) is 8.23. The normalized spacial score (nSPS) is 9.13. The number of rotatable bonds is 6. The van der Waals surface area contributed by atoms with E-state index >= 15 is 0 Å². The van der Waals surface area contributed by atoms with Gasteiger partial charge in [0.2, 0.25) is 0 Å². The molecule has 0 spiro atoms. The molecule has 6 heteroatoms. The van der Waals surface area contributed by atoms with Gasteiger partial charge in [0.25, 0.3) is 0 Å². The van der Waals surface area contributed by atoms with E-state index in [1.807, 2.05) is 0 Å². The summed E-state index contributed by atoms with van der Waals surface area (Å²) in [6.45, 7) is 3.98. The van der Waals surface area contributed by atoms with Gasteiger partial charge < -0.3 is 14.6 Å². The zero-order valence-corrected chi connectivity index (χ0v) is 8.32. The van der Waals surface area contributed by atoms with Crippen LogP contribution in [0.2, 0.25) is 0 Å². The lowest BCUT2D eigenvalue weighted by Gasteiger charge is -2.04. The van der Waals surface area contributed by atoms with Crippen LogP contribution in [0.15, 0.2) is 12.2 Å². The number of carbonyl (C=O) groups excluding carboxylic acids is 2. The molecule has 0 heterocycles. The summed E-state index contributed by atoms with van der Waals surface area (Å²) in [6.07, 6.45) is -0.278. The summed E-state index contributed by atoms with van der Waals surface area (Å²) < 4.78 is 8.92. The highest BCUT2D eigenvalue weighted by Gasteiger charge is 2.09. The van der Waals surface area contributed by atoms with Gasteiger partial charge in [0.05, 0.1) is 6.42 Å². The lowest BCUT2D eigenvalue weighted by Crippen LogP contribution is -2.18. The van der Waals surface area contributed by atoms with Crippen LogP contribution in [0.4, 0.5) is 0 Å². The molecular formula is C9H12O6. The predicted molar refractivity (Wildman–Crippen MR) is 49.0 cm³/mol. The molecule has 0 radical (unpaired) electrons. The van der Waals surface area contributed by atoms with Gasteiger partial charge in [0, 0.05) is 5.57 Å². The zero-order valence-electron chi connectivity index (χ0n) is 8.32. The monoisotopic (exact) mass is 216 g/mol. The molecule has 0 aromatic rings. The number of esters is 2. The van der Waals surface area contributed by atoms with Crippen molar-refractivity contribution in [2.75, 3.05) is 13.2 Å².